The molecule has 0 bridgehead atoms. The van der Waals surface area contributed by atoms with Gasteiger partial charge < -0.3 is 16.2 Å². The number of aliphatic imine (C=N–C) groups is 1. The third kappa shape index (κ3) is 3.85. The minimum Gasteiger partial charge on any atom is -0.489 e. The van der Waals surface area contributed by atoms with Crippen molar-refractivity contribution in [3.05, 3.63) is 28.2 Å². The predicted molar refractivity (Wildman–Crippen MR) is 62.6 cm³/mol. The van der Waals surface area contributed by atoms with Crippen LogP contribution in [0.3, 0.4) is 0 Å². The lowest BCUT2D eigenvalue weighted by atomic mass is 10.3. The molecule has 0 saturated carbocycles. The Kier molecular flexibility index (Phi) is 4.52. The third-order valence-corrected chi connectivity index (χ3v) is 2.15. The van der Waals surface area contributed by atoms with Crippen molar-refractivity contribution in [3.8, 4) is 5.75 Å². The van der Waals surface area contributed by atoms with E-state index in [0.717, 1.165) is 0 Å². The Morgan fingerprint density at radius 3 is 2.40 bits per heavy atom. The first-order valence-corrected chi connectivity index (χ1v) is 4.99. The summed E-state index contributed by atoms with van der Waals surface area (Å²) in [6, 6.07) is 5.14. The molecule has 0 aliphatic carbocycles. The Bertz CT molecular complexity index is 344. The normalized spacial score (nSPS) is 9.73. The van der Waals surface area contributed by atoms with E-state index in [4.69, 9.17) is 39.4 Å². The van der Waals surface area contributed by atoms with E-state index in [-0.39, 0.29) is 5.96 Å². The van der Waals surface area contributed by atoms with E-state index in [9.17, 15) is 0 Å². The first-order valence-electron chi connectivity index (χ1n) is 4.23. The van der Waals surface area contributed by atoms with Crippen LogP contribution in [0.15, 0.2) is 23.2 Å². The first-order chi connectivity index (χ1) is 7.11. The Balaban J connectivity index is 2.54. The predicted octanol–water partition coefficient (Wildman–Crippen LogP) is 1.65. The molecule has 0 radical (unpaired) electrons. The van der Waals surface area contributed by atoms with E-state index < -0.39 is 0 Å². The number of nitrogens with two attached hydrogens (primary N) is 2. The van der Waals surface area contributed by atoms with Crippen LogP contribution in [0.2, 0.25) is 10.0 Å². The summed E-state index contributed by atoms with van der Waals surface area (Å²) in [5.74, 6) is 0.482. The molecule has 0 atom stereocenters. The zero-order chi connectivity index (χ0) is 11.3. The molecule has 4 nitrogen and oxygen atoms in total. The summed E-state index contributed by atoms with van der Waals surface area (Å²) in [6.07, 6.45) is 0. The van der Waals surface area contributed by atoms with Crippen molar-refractivity contribution in [2.45, 2.75) is 0 Å². The summed E-state index contributed by atoms with van der Waals surface area (Å²) in [5, 5.41) is 0.930. The number of benzene rings is 1. The monoisotopic (exact) mass is 247 g/mol. The zero-order valence-electron chi connectivity index (χ0n) is 7.91. The van der Waals surface area contributed by atoms with Gasteiger partial charge in [-0.05, 0) is 12.1 Å². The fraction of sp³-hybridized carbons (Fsp3) is 0.222. The van der Waals surface area contributed by atoms with Gasteiger partial charge in [-0.1, -0.05) is 29.3 Å². The third-order valence-electron chi connectivity index (χ3n) is 1.55. The highest BCUT2D eigenvalue weighted by Gasteiger charge is 2.05. The number of halogens is 2. The Morgan fingerprint density at radius 1 is 1.27 bits per heavy atom. The number of ether oxygens (including phenoxy) is 1. The second-order valence-electron chi connectivity index (χ2n) is 2.71. The van der Waals surface area contributed by atoms with E-state index in [0.29, 0.717) is 28.9 Å². The van der Waals surface area contributed by atoms with Crippen LogP contribution in [0.5, 0.6) is 5.75 Å². The molecule has 0 spiro atoms. The molecule has 0 unspecified atom stereocenters. The molecule has 1 aromatic carbocycles. The van der Waals surface area contributed by atoms with E-state index in [1.54, 1.807) is 18.2 Å². The molecule has 0 heterocycles. The molecule has 1 aromatic rings. The molecule has 82 valence electrons. The van der Waals surface area contributed by atoms with Crippen molar-refractivity contribution in [1.82, 2.24) is 0 Å². The number of hydrogen-bond acceptors (Lipinski definition) is 2. The van der Waals surface area contributed by atoms with Gasteiger partial charge in [-0.25, -0.2) is 0 Å². The summed E-state index contributed by atoms with van der Waals surface area (Å²) in [4.78, 5) is 3.76. The average molecular weight is 248 g/mol. The molecule has 0 fully saturated rings. The molecule has 4 N–H and O–H groups in total. The van der Waals surface area contributed by atoms with Gasteiger partial charge in [0.05, 0.1) is 16.6 Å². The van der Waals surface area contributed by atoms with Crippen LogP contribution in [-0.4, -0.2) is 19.1 Å². The van der Waals surface area contributed by atoms with Gasteiger partial charge in [-0.2, -0.15) is 0 Å². The van der Waals surface area contributed by atoms with Crippen LogP contribution >= 0.6 is 23.2 Å². The summed E-state index contributed by atoms with van der Waals surface area (Å²) >= 11 is 11.8. The van der Waals surface area contributed by atoms with Gasteiger partial charge >= 0.3 is 0 Å². The minimum atomic E-state index is 0.0313. The number of nitrogens with zero attached hydrogens (tertiary/aromatic N) is 1. The standard InChI is InChI=1S/C9H11Cl2N3O/c10-6-2-1-3-7(11)8(6)15-5-4-14-9(12)13/h1-3H,4-5H2,(H4,12,13,14). The lowest BCUT2D eigenvalue weighted by Crippen LogP contribution is -2.23. The molecule has 0 aromatic heterocycles. The Labute approximate surface area is 97.8 Å². The van der Waals surface area contributed by atoms with E-state index in [2.05, 4.69) is 4.99 Å². The fourth-order valence-electron chi connectivity index (χ4n) is 0.943. The first kappa shape index (κ1) is 11.9. The van der Waals surface area contributed by atoms with Crippen molar-refractivity contribution in [2.24, 2.45) is 16.5 Å². The van der Waals surface area contributed by atoms with Crippen LogP contribution in [-0.2, 0) is 0 Å². The van der Waals surface area contributed by atoms with Gasteiger partial charge in [-0.15, -0.1) is 0 Å². The molecular formula is C9H11Cl2N3O. The van der Waals surface area contributed by atoms with Crippen LogP contribution < -0.4 is 16.2 Å². The van der Waals surface area contributed by atoms with Gasteiger partial charge in [-0.3, -0.25) is 4.99 Å². The molecule has 1 rings (SSSR count). The maximum absolute atomic E-state index is 5.88. The van der Waals surface area contributed by atoms with Crippen molar-refractivity contribution in [2.75, 3.05) is 13.2 Å². The van der Waals surface area contributed by atoms with Crippen molar-refractivity contribution in [3.63, 3.8) is 0 Å². The van der Waals surface area contributed by atoms with Crippen LogP contribution in [0.25, 0.3) is 0 Å². The Hall–Kier alpha value is -1.13. The largest absolute Gasteiger partial charge is 0.489 e. The maximum atomic E-state index is 5.88. The quantitative estimate of drug-likeness (QED) is 0.483. The molecule has 0 amide bonds. The smallest absolute Gasteiger partial charge is 0.186 e. The van der Waals surface area contributed by atoms with Crippen LogP contribution in [0.4, 0.5) is 0 Å². The van der Waals surface area contributed by atoms with Gasteiger partial charge in [0.1, 0.15) is 6.61 Å². The van der Waals surface area contributed by atoms with Crippen molar-refractivity contribution in [1.29, 1.82) is 0 Å². The molecule has 6 heteroatoms. The second kappa shape index (κ2) is 5.68. The lowest BCUT2D eigenvalue weighted by molar-refractivity contribution is 0.329. The highest BCUT2D eigenvalue weighted by molar-refractivity contribution is 6.37. The van der Waals surface area contributed by atoms with Gasteiger partial charge in [0, 0.05) is 0 Å². The SMILES string of the molecule is NC(N)=NCCOc1c(Cl)cccc1Cl. The van der Waals surface area contributed by atoms with E-state index in [1.165, 1.54) is 0 Å². The average Bonchev–Trinajstić information content (AvgIpc) is 2.15. The second-order valence-corrected chi connectivity index (χ2v) is 3.52. The fourth-order valence-corrected chi connectivity index (χ4v) is 1.45. The van der Waals surface area contributed by atoms with Gasteiger partial charge in [0.2, 0.25) is 0 Å². The topological polar surface area (TPSA) is 73.6 Å². The van der Waals surface area contributed by atoms with E-state index in [1.807, 2.05) is 0 Å². The minimum absolute atomic E-state index is 0.0313. The maximum Gasteiger partial charge on any atom is 0.186 e. The van der Waals surface area contributed by atoms with E-state index >= 15 is 0 Å². The molecular weight excluding hydrogens is 237 g/mol. The highest BCUT2D eigenvalue weighted by Crippen LogP contribution is 2.32. The molecule has 0 aliphatic rings. The van der Waals surface area contributed by atoms with Crippen LogP contribution in [0.1, 0.15) is 0 Å². The summed E-state index contributed by atoms with van der Waals surface area (Å²) in [6.45, 7) is 0.686. The number of rotatable bonds is 4. The lowest BCUT2D eigenvalue weighted by Gasteiger charge is -2.07. The van der Waals surface area contributed by atoms with Gasteiger partial charge in [0.25, 0.3) is 0 Å². The molecule has 15 heavy (non-hydrogen) atoms. The van der Waals surface area contributed by atoms with Crippen LogP contribution in [0, 0.1) is 0 Å². The summed E-state index contributed by atoms with van der Waals surface area (Å²) in [5.41, 5.74) is 10.3. The molecule has 0 saturated heterocycles. The highest BCUT2D eigenvalue weighted by atomic mass is 35.5. The number of para-hydroxylation sites is 1. The summed E-state index contributed by atoms with van der Waals surface area (Å²) in [7, 11) is 0. The van der Waals surface area contributed by atoms with Crippen molar-refractivity contribution < 1.29 is 4.74 Å². The van der Waals surface area contributed by atoms with Crippen molar-refractivity contribution >= 4 is 29.2 Å². The summed E-state index contributed by atoms with van der Waals surface area (Å²) < 4.78 is 5.34. The Morgan fingerprint density at radius 2 is 1.87 bits per heavy atom. The number of guanidine groups is 1. The zero-order valence-corrected chi connectivity index (χ0v) is 9.42. The molecule has 0 aliphatic heterocycles. The number of hydrogen-bond donors (Lipinski definition) is 2. The van der Waals surface area contributed by atoms with Gasteiger partial charge in [0.15, 0.2) is 11.7 Å².